The molecule has 1 heterocycles. The van der Waals surface area contributed by atoms with Crippen molar-refractivity contribution in [1.82, 2.24) is 4.98 Å². The highest BCUT2D eigenvalue weighted by molar-refractivity contribution is 7.15. The molecule has 1 aromatic heterocycles. The van der Waals surface area contributed by atoms with E-state index in [2.05, 4.69) is 4.98 Å². The van der Waals surface area contributed by atoms with Crippen molar-refractivity contribution < 1.29 is 9.53 Å². The van der Waals surface area contributed by atoms with Gasteiger partial charge in [0.15, 0.2) is 5.69 Å². The molecule has 0 saturated carbocycles. The van der Waals surface area contributed by atoms with Crippen LogP contribution >= 0.6 is 22.9 Å². The van der Waals surface area contributed by atoms with Gasteiger partial charge in [-0.2, -0.15) is 0 Å². The van der Waals surface area contributed by atoms with Gasteiger partial charge < -0.3 is 4.74 Å². The average molecular weight is 344 g/mol. The Labute approximate surface area is 143 Å². The summed E-state index contributed by atoms with van der Waals surface area (Å²) in [5, 5.41) is 1.46. The van der Waals surface area contributed by atoms with Gasteiger partial charge in [-0.3, -0.25) is 0 Å². The minimum Gasteiger partial charge on any atom is -0.422 e. The number of hydrogen-bond acceptors (Lipinski definition) is 4. The van der Waals surface area contributed by atoms with Crippen molar-refractivity contribution in [2.75, 3.05) is 0 Å². The predicted octanol–water partition coefficient (Wildman–Crippen LogP) is 5.30. The van der Waals surface area contributed by atoms with E-state index in [1.165, 1.54) is 11.3 Å². The van der Waals surface area contributed by atoms with Gasteiger partial charge in [0.05, 0.1) is 9.88 Å². The summed E-state index contributed by atoms with van der Waals surface area (Å²) >= 11 is 7.47. The van der Waals surface area contributed by atoms with Crippen molar-refractivity contribution in [2.24, 2.45) is 0 Å². The van der Waals surface area contributed by atoms with Crippen LogP contribution in [0.2, 0.25) is 5.02 Å². The third kappa shape index (κ3) is 3.44. The molecule has 0 spiro atoms. The van der Waals surface area contributed by atoms with Crippen LogP contribution in [0.25, 0.3) is 10.4 Å². The van der Waals surface area contributed by atoms with E-state index in [0.29, 0.717) is 16.5 Å². The molecule has 23 heavy (non-hydrogen) atoms. The highest BCUT2D eigenvalue weighted by Crippen LogP contribution is 2.31. The van der Waals surface area contributed by atoms with Gasteiger partial charge in [0.25, 0.3) is 0 Å². The van der Waals surface area contributed by atoms with Crippen LogP contribution in [0.1, 0.15) is 21.1 Å². The van der Waals surface area contributed by atoms with Crippen molar-refractivity contribution in [1.29, 1.82) is 0 Å². The lowest BCUT2D eigenvalue weighted by molar-refractivity contribution is 0.0730. The number of carbonyl (C=O) groups is 1. The highest BCUT2D eigenvalue weighted by Gasteiger charge is 2.20. The number of aromatic nitrogens is 1. The molecule has 0 bridgehead atoms. The maximum absolute atomic E-state index is 12.5. The number of ether oxygens (including phenoxy) is 1. The lowest BCUT2D eigenvalue weighted by Crippen LogP contribution is -2.10. The Balaban J connectivity index is 1.92. The second-order valence-electron chi connectivity index (χ2n) is 5.08. The Bertz CT molecular complexity index is 859. The smallest absolute Gasteiger partial charge is 0.363 e. The number of esters is 1. The van der Waals surface area contributed by atoms with Crippen LogP contribution in [-0.2, 0) is 0 Å². The van der Waals surface area contributed by atoms with Crippen LogP contribution in [0, 0.1) is 13.8 Å². The van der Waals surface area contributed by atoms with Crippen molar-refractivity contribution in [3.63, 3.8) is 0 Å². The second kappa shape index (κ2) is 6.52. The number of halogens is 1. The van der Waals surface area contributed by atoms with Crippen LogP contribution in [-0.4, -0.2) is 11.0 Å². The monoisotopic (exact) mass is 343 g/mol. The van der Waals surface area contributed by atoms with E-state index in [1.54, 1.807) is 18.2 Å². The summed E-state index contributed by atoms with van der Waals surface area (Å²) in [6.07, 6.45) is 0. The molecule has 3 nitrogen and oxygen atoms in total. The Morgan fingerprint density at radius 2 is 1.87 bits per heavy atom. The first kappa shape index (κ1) is 15.7. The number of carbonyl (C=O) groups excluding carboxylic acids is 1. The zero-order valence-corrected chi connectivity index (χ0v) is 14.2. The lowest BCUT2D eigenvalue weighted by Gasteiger charge is -2.06. The molecule has 0 N–H and O–H groups in total. The third-order valence-corrected chi connectivity index (χ3v) is 4.75. The van der Waals surface area contributed by atoms with Gasteiger partial charge in [0.2, 0.25) is 0 Å². The quantitative estimate of drug-likeness (QED) is 0.478. The van der Waals surface area contributed by atoms with Crippen LogP contribution in [0.5, 0.6) is 5.75 Å². The fourth-order valence-corrected chi connectivity index (χ4v) is 3.22. The van der Waals surface area contributed by atoms with Crippen LogP contribution in [0.3, 0.4) is 0 Å². The number of nitrogens with zero attached hydrogens (tertiary/aromatic N) is 1. The molecule has 0 aliphatic carbocycles. The minimum absolute atomic E-state index is 0.339. The molecule has 5 heteroatoms. The summed E-state index contributed by atoms with van der Waals surface area (Å²) < 4.78 is 5.46. The maximum atomic E-state index is 12.5. The molecular weight excluding hydrogens is 330 g/mol. The first-order valence-corrected chi connectivity index (χ1v) is 8.25. The Hall–Kier alpha value is -2.17. The van der Waals surface area contributed by atoms with Gasteiger partial charge in [0, 0.05) is 5.02 Å². The maximum Gasteiger partial charge on any atom is 0.363 e. The number of rotatable bonds is 3. The van der Waals surface area contributed by atoms with Gasteiger partial charge in [0.1, 0.15) is 5.75 Å². The molecule has 0 radical (unpaired) electrons. The van der Waals surface area contributed by atoms with Gasteiger partial charge in [-0.25, -0.2) is 9.78 Å². The molecule has 3 rings (SSSR count). The number of thiazole rings is 1. The second-order valence-corrected chi connectivity index (χ2v) is 6.69. The van der Waals surface area contributed by atoms with Crippen LogP contribution < -0.4 is 4.74 Å². The minimum atomic E-state index is -0.463. The molecular formula is C18H14ClNO2S. The lowest BCUT2D eigenvalue weighted by atomic mass is 10.1. The summed E-state index contributed by atoms with van der Waals surface area (Å²) in [5.41, 5.74) is 2.15. The van der Waals surface area contributed by atoms with Gasteiger partial charge in [-0.05, 0) is 43.2 Å². The summed E-state index contributed by atoms with van der Waals surface area (Å²) in [6, 6.07) is 14.8. The summed E-state index contributed by atoms with van der Waals surface area (Å²) in [7, 11) is 0. The van der Waals surface area contributed by atoms with Crippen molar-refractivity contribution >= 4 is 28.9 Å². The molecule has 0 fully saturated rings. The van der Waals surface area contributed by atoms with Gasteiger partial charge in [-0.1, -0.05) is 41.9 Å². The van der Waals surface area contributed by atoms with E-state index in [4.69, 9.17) is 16.3 Å². The van der Waals surface area contributed by atoms with E-state index in [9.17, 15) is 4.79 Å². The third-order valence-electron chi connectivity index (χ3n) is 3.30. The predicted molar refractivity (Wildman–Crippen MR) is 93.4 cm³/mol. The van der Waals surface area contributed by atoms with Gasteiger partial charge >= 0.3 is 5.97 Å². The average Bonchev–Trinajstić information content (AvgIpc) is 2.94. The molecule has 0 saturated heterocycles. The van der Waals surface area contributed by atoms with Gasteiger partial charge in [-0.15, -0.1) is 11.3 Å². The topological polar surface area (TPSA) is 39.2 Å². The number of aryl methyl sites for hydroxylation is 2. The molecule has 116 valence electrons. The SMILES string of the molecule is Cc1nc(C(=O)Oc2ccc(Cl)c(C)c2)c(-c2ccccc2)s1. The molecule has 0 unspecified atom stereocenters. The highest BCUT2D eigenvalue weighted by atomic mass is 35.5. The van der Waals surface area contributed by atoms with Crippen molar-refractivity contribution in [2.45, 2.75) is 13.8 Å². The molecule has 0 amide bonds. The normalized spacial score (nSPS) is 10.6. The molecule has 3 aromatic rings. The first-order valence-electron chi connectivity index (χ1n) is 7.06. The zero-order valence-electron chi connectivity index (χ0n) is 12.7. The van der Waals surface area contributed by atoms with Crippen LogP contribution in [0.4, 0.5) is 0 Å². The van der Waals surface area contributed by atoms with E-state index in [0.717, 1.165) is 21.0 Å². The number of benzene rings is 2. The summed E-state index contributed by atoms with van der Waals surface area (Å²) in [4.78, 5) is 17.7. The van der Waals surface area contributed by atoms with Crippen molar-refractivity contribution in [3.8, 4) is 16.2 Å². The largest absolute Gasteiger partial charge is 0.422 e. The Morgan fingerprint density at radius 3 is 2.57 bits per heavy atom. The summed E-state index contributed by atoms with van der Waals surface area (Å²) in [5.74, 6) is -0.00325. The Kier molecular flexibility index (Phi) is 4.46. The van der Waals surface area contributed by atoms with Crippen LogP contribution in [0.15, 0.2) is 48.5 Å². The first-order chi connectivity index (χ1) is 11.0. The van der Waals surface area contributed by atoms with Crippen molar-refractivity contribution in [3.05, 3.63) is 69.8 Å². The van der Waals surface area contributed by atoms with E-state index >= 15 is 0 Å². The molecule has 0 atom stereocenters. The molecule has 0 aliphatic rings. The summed E-state index contributed by atoms with van der Waals surface area (Å²) in [6.45, 7) is 3.74. The standard InChI is InChI=1S/C18H14ClNO2S/c1-11-10-14(8-9-15(11)19)22-18(21)16-17(23-12(2)20-16)13-6-4-3-5-7-13/h3-10H,1-2H3. The van der Waals surface area contributed by atoms with E-state index in [1.807, 2.05) is 44.2 Å². The van der Waals surface area contributed by atoms with E-state index in [-0.39, 0.29) is 0 Å². The zero-order chi connectivity index (χ0) is 16.4. The molecule has 2 aromatic carbocycles. The molecule has 0 aliphatic heterocycles. The fourth-order valence-electron chi connectivity index (χ4n) is 2.19. The fraction of sp³-hybridized carbons (Fsp3) is 0.111. The Morgan fingerprint density at radius 1 is 1.13 bits per heavy atom. The van der Waals surface area contributed by atoms with E-state index < -0.39 is 5.97 Å². The number of hydrogen-bond donors (Lipinski definition) is 0.